The Hall–Kier alpha value is -1.07. The van der Waals surface area contributed by atoms with Crippen molar-refractivity contribution in [1.29, 1.82) is 0 Å². The summed E-state index contributed by atoms with van der Waals surface area (Å²) in [7, 11) is 0. The minimum absolute atomic E-state index is 0.0971. The third-order valence-corrected chi connectivity index (χ3v) is 3.84. The van der Waals surface area contributed by atoms with Crippen molar-refractivity contribution in [3.8, 4) is 5.75 Å². The van der Waals surface area contributed by atoms with Crippen LogP contribution in [0.1, 0.15) is 26.2 Å². The number of hydrogen-bond donors (Lipinski definition) is 1. The summed E-state index contributed by atoms with van der Waals surface area (Å²) in [5, 5.41) is 2.86. The van der Waals surface area contributed by atoms with Crippen molar-refractivity contribution in [2.24, 2.45) is 5.92 Å². The average Bonchev–Trinajstić information content (AvgIpc) is 3.29. The number of rotatable bonds is 9. The van der Waals surface area contributed by atoms with Crippen molar-refractivity contribution >= 4 is 21.8 Å². The van der Waals surface area contributed by atoms with E-state index in [2.05, 4.69) is 21.2 Å². The molecule has 1 unspecified atom stereocenters. The van der Waals surface area contributed by atoms with Crippen molar-refractivity contribution in [2.45, 2.75) is 32.3 Å². The molecule has 0 heterocycles. The first-order valence-corrected chi connectivity index (χ1v) is 8.22. The Bertz CT molecular complexity index is 445. The molecule has 0 aromatic heterocycles. The van der Waals surface area contributed by atoms with E-state index in [0.717, 1.165) is 23.4 Å². The van der Waals surface area contributed by atoms with Gasteiger partial charge in [-0.1, -0.05) is 15.9 Å². The predicted molar refractivity (Wildman–Crippen MR) is 85.4 cm³/mol. The van der Waals surface area contributed by atoms with E-state index in [4.69, 9.17) is 9.47 Å². The number of amides is 1. The molecule has 1 aromatic carbocycles. The van der Waals surface area contributed by atoms with Gasteiger partial charge in [0.15, 0.2) is 6.10 Å². The van der Waals surface area contributed by atoms with Crippen molar-refractivity contribution in [3.05, 3.63) is 28.7 Å². The molecule has 5 heteroatoms. The summed E-state index contributed by atoms with van der Waals surface area (Å²) in [6.45, 7) is 3.95. The van der Waals surface area contributed by atoms with Crippen LogP contribution >= 0.6 is 15.9 Å². The Morgan fingerprint density at radius 3 is 2.76 bits per heavy atom. The van der Waals surface area contributed by atoms with E-state index in [9.17, 15) is 4.79 Å². The molecule has 1 atom stereocenters. The molecule has 21 heavy (non-hydrogen) atoms. The lowest BCUT2D eigenvalue weighted by Crippen LogP contribution is -2.37. The van der Waals surface area contributed by atoms with E-state index in [-0.39, 0.29) is 5.91 Å². The lowest BCUT2D eigenvalue weighted by molar-refractivity contribution is -0.127. The van der Waals surface area contributed by atoms with E-state index in [1.54, 1.807) is 6.92 Å². The lowest BCUT2D eigenvalue weighted by atomic mass is 10.3. The van der Waals surface area contributed by atoms with Gasteiger partial charge in [0.2, 0.25) is 0 Å². The molecule has 0 radical (unpaired) electrons. The summed E-state index contributed by atoms with van der Waals surface area (Å²) in [6.07, 6.45) is 2.95. The van der Waals surface area contributed by atoms with Crippen LogP contribution in [0.5, 0.6) is 5.75 Å². The van der Waals surface area contributed by atoms with Crippen LogP contribution in [0.4, 0.5) is 0 Å². The molecular formula is C16H22BrNO3. The van der Waals surface area contributed by atoms with Gasteiger partial charge in [0, 0.05) is 24.2 Å². The van der Waals surface area contributed by atoms with E-state index in [1.807, 2.05) is 24.3 Å². The standard InChI is InChI=1S/C16H22BrNO3/c1-12(21-15-7-5-14(17)6-8-15)16(19)18-9-2-10-20-11-13-3-4-13/h5-8,12-13H,2-4,9-11H2,1H3,(H,18,19). The van der Waals surface area contributed by atoms with Crippen LogP contribution in [0.2, 0.25) is 0 Å². The van der Waals surface area contributed by atoms with Gasteiger partial charge < -0.3 is 14.8 Å². The van der Waals surface area contributed by atoms with Gasteiger partial charge in [-0.25, -0.2) is 0 Å². The average molecular weight is 356 g/mol. The van der Waals surface area contributed by atoms with Gasteiger partial charge in [-0.3, -0.25) is 4.79 Å². The first kappa shape index (κ1) is 16.3. The van der Waals surface area contributed by atoms with Crippen molar-refractivity contribution < 1.29 is 14.3 Å². The highest BCUT2D eigenvalue weighted by Crippen LogP contribution is 2.28. The van der Waals surface area contributed by atoms with Gasteiger partial charge in [0.25, 0.3) is 5.91 Å². The second-order valence-electron chi connectivity index (χ2n) is 5.38. The van der Waals surface area contributed by atoms with Crippen molar-refractivity contribution in [1.82, 2.24) is 5.32 Å². The van der Waals surface area contributed by atoms with Crippen LogP contribution in [0.25, 0.3) is 0 Å². The maximum absolute atomic E-state index is 11.9. The molecule has 1 fully saturated rings. The van der Waals surface area contributed by atoms with E-state index in [0.29, 0.717) is 18.9 Å². The molecule has 4 nitrogen and oxygen atoms in total. The maximum Gasteiger partial charge on any atom is 0.260 e. The summed E-state index contributed by atoms with van der Waals surface area (Å²) >= 11 is 3.36. The minimum atomic E-state index is -0.501. The minimum Gasteiger partial charge on any atom is -0.481 e. The molecule has 0 saturated heterocycles. The van der Waals surface area contributed by atoms with Crippen molar-refractivity contribution in [3.63, 3.8) is 0 Å². The maximum atomic E-state index is 11.9. The second kappa shape index (κ2) is 8.39. The zero-order valence-electron chi connectivity index (χ0n) is 12.3. The third-order valence-electron chi connectivity index (χ3n) is 3.31. The van der Waals surface area contributed by atoms with Crippen molar-refractivity contribution in [2.75, 3.05) is 19.8 Å². The molecule has 1 N–H and O–H groups in total. The SMILES string of the molecule is CC(Oc1ccc(Br)cc1)C(=O)NCCCOCC1CC1. The fourth-order valence-electron chi connectivity index (χ4n) is 1.83. The second-order valence-corrected chi connectivity index (χ2v) is 6.29. The van der Waals surface area contributed by atoms with Crippen LogP contribution in [0, 0.1) is 5.92 Å². The molecule has 0 aliphatic heterocycles. The molecule has 1 amide bonds. The normalized spacial score (nSPS) is 15.5. The number of hydrogen-bond acceptors (Lipinski definition) is 3. The van der Waals surface area contributed by atoms with Crippen LogP contribution < -0.4 is 10.1 Å². The quantitative estimate of drug-likeness (QED) is 0.692. The molecule has 1 aliphatic carbocycles. The highest BCUT2D eigenvalue weighted by molar-refractivity contribution is 9.10. The molecule has 1 saturated carbocycles. The smallest absolute Gasteiger partial charge is 0.260 e. The summed E-state index contributed by atoms with van der Waals surface area (Å²) in [5.74, 6) is 1.38. The van der Waals surface area contributed by atoms with E-state index < -0.39 is 6.10 Å². The molecule has 2 rings (SSSR count). The summed E-state index contributed by atoms with van der Waals surface area (Å²) in [5.41, 5.74) is 0. The number of nitrogens with one attached hydrogen (secondary N) is 1. The summed E-state index contributed by atoms with van der Waals surface area (Å²) < 4.78 is 12.1. The fraction of sp³-hybridized carbons (Fsp3) is 0.562. The van der Waals surface area contributed by atoms with E-state index >= 15 is 0 Å². The Morgan fingerprint density at radius 1 is 1.38 bits per heavy atom. The zero-order valence-corrected chi connectivity index (χ0v) is 13.9. The van der Waals surface area contributed by atoms with Crippen LogP contribution in [-0.2, 0) is 9.53 Å². The third kappa shape index (κ3) is 6.48. The highest BCUT2D eigenvalue weighted by Gasteiger charge is 2.20. The Balaban J connectivity index is 1.57. The lowest BCUT2D eigenvalue weighted by Gasteiger charge is -2.14. The zero-order chi connectivity index (χ0) is 15.1. The largest absolute Gasteiger partial charge is 0.481 e. The number of halogens is 1. The van der Waals surface area contributed by atoms with Gasteiger partial charge >= 0.3 is 0 Å². The Kier molecular flexibility index (Phi) is 6.51. The van der Waals surface area contributed by atoms with E-state index in [1.165, 1.54) is 12.8 Å². The molecular weight excluding hydrogens is 334 g/mol. The topological polar surface area (TPSA) is 47.6 Å². The van der Waals surface area contributed by atoms with Crippen LogP contribution in [-0.4, -0.2) is 31.8 Å². The molecule has 1 aromatic rings. The number of ether oxygens (including phenoxy) is 2. The molecule has 0 bridgehead atoms. The summed E-state index contributed by atoms with van der Waals surface area (Å²) in [4.78, 5) is 11.9. The van der Waals surface area contributed by atoms with Gasteiger partial charge in [0.05, 0.1) is 0 Å². The highest BCUT2D eigenvalue weighted by atomic mass is 79.9. The Morgan fingerprint density at radius 2 is 2.10 bits per heavy atom. The van der Waals surface area contributed by atoms with Gasteiger partial charge in [0.1, 0.15) is 5.75 Å². The fourth-order valence-corrected chi connectivity index (χ4v) is 2.10. The van der Waals surface area contributed by atoms with Crippen LogP contribution in [0.15, 0.2) is 28.7 Å². The molecule has 116 valence electrons. The first-order valence-electron chi connectivity index (χ1n) is 7.43. The van der Waals surface area contributed by atoms with Gasteiger partial charge in [-0.2, -0.15) is 0 Å². The van der Waals surface area contributed by atoms with Gasteiger partial charge in [-0.05, 0) is 56.4 Å². The summed E-state index contributed by atoms with van der Waals surface area (Å²) in [6, 6.07) is 7.44. The number of carbonyl (C=O) groups excluding carboxylic acids is 1. The Labute approximate surface area is 134 Å². The monoisotopic (exact) mass is 355 g/mol. The molecule has 0 spiro atoms. The number of benzene rings is 1. The first-order chi connectivity index (χ1) is 10.1. The molecule has 1 aliphatic rings. The number of carbonyl (C=O) groups is 1. The van der Waals surface area contributed by atoms with Crippen LogP contribution in [0.3, 0.4) is 0 Å². The predicted octanol–water partition coefficient (Wildman–Crippen LogP) is 3.15. The van der Waals surface area contributed by atoms with Gasteiger partial charge in [-0.15, -0.1) is 0 Å².